The molecular formula is C16H11FN2O. The Kier molecular flexibility index (Phi) is 3.13. The standard InChI is InChI=1S/C16H11FN2O/c17-13-8-6-12(7-9-13)15-10-14(18-16(20)19-15)11-4-2-1-3-5-11/h1-10H,(H,18,19,20). The Bertz CT molecular complexity index is 780. The number of halogens is 1. The highest BCUT2D eigenvalue weighted by molar-refractivity contribution is 5.67. The van der Waals surface area contributed by atoms with Crippen LogP contribution in [0.25, 0.3) is 22.5 Å². The van der Waals surface area contributed by atoms with Crippen LogP contribution in [0.5, 0.6) is 0 Å². The van der Waals surface area contributed by atoms with Crippen LogP contribution < -0.4 is 5.69 Å². The van der Waals surface area contributed by atoms with E-state index >= 15 is 0 Å². The molecule has 1 heterocycles. The molecule has 3 nitrogen and oxygen atoms in total. The number of benzene rings is 2. The number of hydrogen-bond donors (Lipinski definition) is 1. The van der Waals surface area contributed by atoms with E-state index < -0.39 is 5.69 Å². The lowest BCUT2D eigenvalue weighted by Crippen LogP contribution is -2.11. The van der Waals surface area contributed by atoms with Crippen molar-refractivity contribution >= 4 is 0 Å². The summed E-state index contributed by atoms with van der Waals surface area (Å²) in [7, 11) is 0. The van der Waals surface area contributed by atoms with E-state index in [0.29, 0.717) is 17.0 Å². The van der Waals surface area contributed by atoms with E-state index in [1.54, 1.807) is 18.2 Å². The van der Waals surface area contributed by atoms with Gasteiger partial charge in [-0.3, -0.25) is 0 Å². The Balaban J connectivity index is 2.12. The van der Waals surface area contributed by atoms with Gasteiger partial charge in [0.2, 0.25) is 0 Å². The molecule has 0 amide bonds. The van der Waals surface area contributed by atoms with Crippen molar-refractivity contribution in [1.29, 1.82) is 0 Å². The maximum Gasteiger partial charge on any atom is 0.345 e. The first kappa shape index (κ1) is 12.3. The summed E-state index contributed by atoms with van der Waals surface area (Å²) in [6.07, 6.45) is 0. The van der Waals surface area contributed by atoms with Crippen LogP contribution in [0.1, 0.15) is 0 Å². The number of aromatic amines is 1. The van der Waals surface area contributed by atoms with E-state index in [9.17, 15) is 9.18 Å². The van der Waals surface area contributed by atoms with Crippen LogP contribution in [0.3, 0.4) is 0 Å². The van der Waals surface area contributed by atoms with Crippen molar-refractivity contribution < 1.29 is 4.39 Å². The fraction of sp³-hybridized carbons (Fsp3) is 0. The first-order valence-electron chi connectivity index (χ1n) is 6.15. The summed E-state index contributed by atoms with van der Waals surface area (Å²) in [6.45, 7) is 0. The summed E-state index contributed by atoms with van der Waals surface area (Å²) in [4.78, 5) is 18.3. The largest absolute Gasteiger partial charge is 0.345 e. The van der Waals surface area contributed by atoms with Crippen LogP contribution in [0.2, 0.25) is 0 Å². The predicted octanol–water partition coefficient (Wildman–Crippen LogP) is 3.24. The van der Waals surface area contributed by atoms with Gasteiger partial charge in [-0.1, -0.05) is 30.3 Å². The van der Waals surface area contributed by atoms with Crippen molar-refractivity contribution in [3.05, 3.63) is 77.0 Å². The molecule has 98 valence electrons. The van der Waals surface area contributed by atoms with Crippen molar-refractivity contribution in [2.45, 2.75) is 0 Å². The fourth-order valence-corrected chi connectivity index (χ4v) is 2.00. The summed E-state index contributed by atoms with van der Waals surface area (Å²) in [5.41, 5.74) is 2.38. The van der Waals surface area contributed by atoms with Gasteiger partial charge in [-0.25, -0.2) is 9.18 Å². The van der Waals surface area contributed by atoms with Crippen molar-refractivity contribution in [2.75, 3.05) is 0 Å². The third-order valence-electron chi connectivity index (χ3n) is 2.97. The Labute approximate surface area is 114 Å². The molecule has 3 rings (SSSR count). The Hall–Kier alpha value is -2.75. The average molecular weight is 266 g/mol. The third-order valence-corrected chi connectivity index (χ3v) is 2.97. The van der Waals surface area contributed by atoms with Gasteiger partial charge in [-0.2, -0.15) is 4.98 Å². The summed E-state index contributed by atoms with van der Waals surface area (Å²) >= 11 is 0. The molecule has 0 spiro atoms. The number of rotatable bonds is 2. The third kappa shape index (κ3) is 2.49. The van der Waals surface area contributed by atoms with E-state index in [1.807, 2.05) is 30.3 Å². The Morgan fingerprint density at radius 3 is 2.30 bits per heavy atom. The van der Waals surface area contributed by atoms with Crippen molar-refractivity contribution in [2.24, 2.45) is 0 Å². The summed E-state index contributed by atoms with van der Waals surface area (Å²) in [5, 5.41) is 0. The lowest BCUT2D eigenvalue weighted by Gasteiger charge is -2.04. The number of H-pyrrole nitrogens is 1. The molecule has 0 unspecified atom stereocenters. The molecule has 0 saturated heterocycles. The first-order valence-corrected chi connectivity index (χ1v) is 6.15. The monoisotopic (exact) mass is 266 g/mol. The average Bonchev–Trinajstić information content (AvgIpc) is 2.48. The molecule has 0 fully saturated rings. The highest BCUT2D eigenvalue weighted by Crippen LogP contribution is 2.21. The van der Waals surface area contributed by atoms with Gasteiger partial charge in [-0.05, 0) is 35.9 Å². The molecule has 0 radical (unpaired) electrons. The molecule has 0 aliphatic carbocycles. The minimum atomic E-state index is -0.425. The van der Waals surface area contributed by atoms with Crippen LogP contribution in [-0.4, -0.2) is 9.97 Å². The summed E-state index contributed by atoms with van der Waals surface area (Å²) < 4.78 is 12.9. The molecule has 2 aromatic carbocycles. The van der Waals surface area contributed by atoms with Gasteiger partial charge < -0.3 is 4.98 Å². The zero-order valence-corrected chi connectivity index (χ0v) is 10.5. The van der Waals surface area contributed by atoms with Gasteiger partial charge in [0.1, 0.15) is 5.82 Å². The van der Waals surface area contributed by atoms with Gasteiger partial charge >= 0.3 is 5.69 Å². The van der Waals surface area contributed by atoms with Crippen molar-refractivity contribution in [1.82, 2.24) is 9.97 Å². The van der Waals surface area contributed by atoms with E-state index in [1.165, 1.54) is 12.1 Å². The van der Waals surface area contributed by atoms with Gasteiger partial charge in [0, 0.05) is 5.56 Å². The summed E-state index contributed by atoms with van der Waals surface area (Å²) in [6, 6.07) is 17.2. The predicted molar refractivity (Wildman–Crippen MR) is 75.7 cm³/mol. The molecule has 1 aromatic heterocycles. The van der Waals surface area contributed by atoms with E-state index in [-0.39, 0.29) is 5.82 Å². The first-order chi connectivity index (χ1) is 9.72. The zero-order chi connectivity index (χ0) is 13.9. The second kappa shape index (κ2) is 5.09. The zero-order valence-electron chi connectivity index (χ0n) is 10.5. The van der Waals surface area contributed by atoms with Gasteiger partial charge in [-0.15, -0.1) is 0 Å². The Morgan fingerprint density at radius 2 is 1.60 bits per heavy atom. The maximum absolute atomic E-state index is 12.9. The van der Waals surface area contributed by atoms with E-state index in [4.69, 9.17) is 0 Å². The Morgan fingerprint density at radius 1 is 0.900 bits per heavy atom. The second-order valence-electron chi connectivity index (χ2n) is 4.36. The van der Waals surface area contributed by atoms with Gasteiger partial charge in [0.05, 0.1) is 11.4 Å². The minimum absolute atomic E-state index is 0.318. The number of nitrogens with zero attached hydrogens (tertiary/aromatic N) is 1. The van der Waals surface area contributed by atoms with Crippen LogP contribution in [0, 0.1) is 5.82 Å². The van der Waals surface area contributed by atoms with Crippen molar-refractivity contribution in [3.63, 3.8) is 0 Å². The molecule has 1 N–H and O–H groups in total. The van der Waals surface area contributed by atoms with Crippen LogP contribution in [-0.2, 0) is 0 Å². The maximum atomic E-state index is 12.9. The summed E-state index contributed by atoms with van der Waals surface area (Å²) in [5.74, 6) is -0.318. The topological polar surface area (TPSA) is 45.8 Å². The highest BCUT2D eigenvalue weighted by Gasteiger charge is 2.05. The van der Waals surface area contributed by atoms with Gasteiger partial charge in [0.15, 0.2) is 0 Å². The van der Waals surface area contributed by atoms with E-state index in [0.717, 1.165) is 5.56 Å². The molecule has 20 heavy (non-hydrogen) atoms. The smallest absolute Gasteiger partial charge is 0.305 e. The molecular weight excluding hydrogens is 255 g/mol. The number of nitrogens with one attached hydrogen (secondary N) is 1. The number of aromatic nitrogens is 2. The van der Waals surface area contributed by atoms with Crippen molar-refractivity contribution in [3.8, 4) is 22.5 Å². The minimum Gasteiger partial charge on any atom is -0.305 e. The highest BCUT2D eigenvalue weighted by atomic mass is 19.1. The van der Waals surface area contributed by atoms with Crippen LogP contribution in [0.4, 0.5) is 4.39 Å². The quantitative estimate of drug-likeness (QED) is 0.774. The molecule has 0 atom stereocenters. The molecule has 0 aliphatic rings. The lowest BCUT2D eigenvalue weighted by molar-refractivity contribution is 0.628. The molecule has 3 aromatic rings. The van der Waals surface area contributed by atoms with Gasteiger partial charge in [0.25, 0.3) is 0 Å². The molecule has 4 heteroatoms. The second-order valence-corrected chi connectivity index (χ2v) is 4.36. The fourth-order valence-electron chi connectivity index (χ4n) is 2.00. The number of hydrogen-bond acceptors (Lipinski definition) is 2. The van der Waals surface area contributed by atoms with Crippen LogP contribution >= 0.6 is 0 Å². The normalized spacial score (nSPS) is 10.4. The molecule has 0 aliphatic heterocycles. The van der Waals surface area contributed by atoms with Crippen LogP contribution in [0.15, 0.2) is 65.5 Å². The SMILES string of the molecule is O=c1nc(-c2ccc(F)cc2)cc(-c2ccccc2)[nH]1. The lowest BCUT2D eigenvalue weighted by atomic mass is 10.1. The molecule has 0 saturated carbocycles. The molecule has 0 bridgehead atoms. The van der Waals surface area contributed by atoms with E-state index in [2.05, 4.69) is 9.97 Å².